The minimum atomic E-state index is -0.227. The van der Waals surface area contributed by atoms with Crippen LogP contribution in [0.2, 0.25) is 0 Å². The molecule has 6 nitrogen and oxygen atoms in total. The zero-order valence-corrected chi connectivity index (χ0v) is 6.40. The first kappa shape index (κ1) is 7.38. The van der Waals surface area contributed by atoms with Crippen LogP contribution in [0.3, 0.4) is 0 Å². The summed E-state index contributed by atoms with van der Waals surface area (Å²) in [6, 6.07) is 0. The highest BCUT2D eigenvalue weighted by Crippen LogP contribution is 2.12. The Morgan fingerprint density at radius 1 is 1.58 bits per heavy atom. The van der Waals surface area contributed by atoms with E-state index >= 15 is 0 Å². The number of hydrogen-bond acceptors (Lipinski definition) is 6. The SMILES string of the molecule is Nc1ncnc(C2NCCO2)n1. The molecule has 1 aromatic heterocycles. The van der Waals surface area contributed by atoms with Gasteiger partial charge in [0, 0.05) is 6.54 Å². The van der Waals surface area contributed by atoms with E-state index in [-0.39, 0.29) is 12.2 Å². The Bertz CT molecular complexity index is 272. The minimum absolute atomic E-state index is 0.220. The van der Waals surface area contributed by atoms with E-state index in [2.05, 4.69) is 20.3 Å². The van der Waals surface area contributed by atoms with Crippen LogP contribution in [0.4, 0.5) is 5.95 Å². The first-order chi connectivity index (χ1) is 5.86. The van der Waals surface area contributed by atoms with Gasteiger partial charge in [0.15, 0.2) is 12.1 Å². The molecule has 1 saturated heterocycles. The Hall–Kier alpha value is -1.27. The molecule has 0 bridgehead atoms. The number of hydrogen-bond donors (Lipinski definition) is 2. The molecule has 0 spiro atoms. The second kappa shape index (κ2) is 3.00. The highest BCUT2D eigenvalue weighted by molar-refractivity contribution is 5.13. The van der Waals surface area contributed by atoms with Crippen LogP contribution in [0.1, 0.15) is 12.1 Å². The van der Waals surface area contributed by atoms with Crippen molar-refractivity contribution in [3.05, 3.63) is 12.2 Å². The summed E-state index contributed by atoms with van der Waals surface area (Å²) in [4.78, 5) is 11.5. The van der Waals surface area contributed by atoms with Crippen LogP contribution in [-0.2, 0) is 4.74 Å². The van der Waals surface area contributed by atoms with Crippen LogP contribution >= 0.6 is 0 Å². The fraction of sp³-hybridized carbons (Fsp3) is 0.500. The predicted molar refractivity (Wildman–Crippen MR) is 40.9 cm³/mol. The number of anilines is 1. The third kappa shape index (κ3) is 1.34. The number of nitrogens with zero attached hydrogens (tertiary/aromatic N) is 3. The van der Waals surface area contributed by atoms with Gasteiger partial charge in [-0.2, -0.15) is 4.98 Å². The number of aromatic nitrogens is 3. The largest absolute Gasteiger partial charge is 0.368 e. The van der Waals surface area contributed by atoms with E-state index in [1.54, 1.807) is 0 Å². The number of ether oxygens (including phenoxy) is 1. The van der Waals surface area contributed by atoms with Gasteiger partial charge in [0.2, 0.25) is 5.95 Å². The third-order valence-electron chi connectivity index (χ3n) is 1.56. The number of nitrogens with one attached hydrogen (secondary N) is 1. The maximum absolute atomic E-state index is 5.38. The molecule has 1 aromatic rings. The molecule has 0 radical (unpaired) electrons. The summed E-state index contributed by atoms with van der Waals surface area (Å²) in [6.45, 7) is 1.49. The predicted octanol–water partition coefficient (Wildman–Crippen LogP) is -0.928. The summed E-state index contributed by atoms with van der Waals surface area (Å²) < 4.78 is 5.27. The molecular weight excluding hydrogens is 158 g/mol. The van der Waals surface area contributed by atoms with Crippen LogP contribution in [0.15, 0.2) is 6.33 Å². The summed E-state index contributed by atoms with van der Waals surface area (Å²) in [5.74, 6) is 0.761. The van der Waals surface area contributed by atoms with Gasteiger partial charge in [-0.15, -0.1) is 0 Å². The molecule has 2 heterocycles. The van der Waals surface area contributed by atoms with E-state index in [4.69, 9.17) is 10.5 Å². The van der Waals surface area contributed by atoms with Crippen molar-refractivity contribution in [3.8, 4) is 0 Å². The topological polar surface area (TPSA) is 86.0 Å². The second-order valence-electron chi connectivity index (χ2n) is 2.41. The van der Waals surface area contributed by atoms with E-state index in [0.29, 0.717) is 12.4 Å². The van der Waals surface area contributed by atoms with Gasteiger partial charge in [-0.25, -0.2) is 9.97 Å². The molecule has 0 saturated carbocycles. The van der Waals surface area contributed by atoms with Crippen molar-refractivity contribution in [2.75, 3.05) is 18.9 Å². The summed E-state index contributed by atoms with van der Waals surface area (Å²) in [5, 5.41) is 3.07. The molecule has 1 fully saturated rings. The van der Waals surface area contributed by atoms with Crippen molar-refractivity contribution in [2.24, 2.45) is 0 Å². The van der Waals surface area contributed by atoms with Gasteiger partial charge in [-0.3, -0.25) is 5.32 Å². The van der Waals surface area contributed by atoms with Gasteiger partial charge in [0.05, 0.1) is 6.61 Å². The van der Waals surface area contributed by atoms with Crippen molar-refractivity contribution in [1.29, 1.82) is 0 Å². The molecule has 0 aliphatic carbocycles. The lowest BCUT2D eigenvalue weighted by Crippen LogP contribution is -2.17. The first-order valence-electron chi connectivity index (χ1n) is 3.65. The first-order valence-corrected chi connectivity index (χ1v) is 3.65. The molecule has 1 unspecified atom stereocenters. The molecule has 6 heteroatoms. The normalized spacial score (nSPS) is 22.8. The van der Waals surface area contributed by atoms with Crippen molar-refractivity contribution in [2.45, 2.75) is 6.23 Å². The van der Waals surface area contributed by atoms with Gasteiger partial charge in [0.25, 0.3) is 0 Å². The van der Waals surface area contributed by atoms with Crippen LogP contribution in [0.5, 0.6) is 0 Å². The molecule has 64 valence electrons. The molecule has 12 heavy (non-hydrogen) atoms. The fourth-order valence-corrected chi connectivity index (χ4v) is 1.04. The zero-order chi connectivity index (χ0) is 8.39. The maximum atomic E-state index is 5.38. The Morgan fingerprint density at radius 2 is 2.50 bits per heavy atom. The smallest absolute Gasteiger partial charge is 0.223 e. The van der Waals surface area contributed by atoms with Gasteiger partial charge < -0.3 is 10.5 Å². The Morgan fingerprint density at radius 3 is 3.17 bits per heavy atom. The molecule has 0 aromatic carbocycles. The molecule has 1 atom stereocenters. The minimum Gasteiger partial charge on any atom is -0.368 e. The second-order valence-corrected chi connectivity index (χ2v) is 2.41. The van der Waals surface area contributed by atoms with Crippen LogP contribution in [0, 0.1) is 0 Å². The molecule has 1 aliphatic rings. The lowest BCUT2D eigenvalue weighted by molar-refractivity contribution is 0.0947. The summed E-state index contributed by atoms with van der Waals surface area (Å²) in [5.41, 5.74) is 5.38. The average Bonchev–Trinajstić information content (AvgIpc) is 2.56. The molecule has 2 rings (SSSR count). The monoisotopic (exact) mass is 167 g/mol. The van der Waals surface area contributed by atoms with Gasteiger partial charge in [-0.1, -0.05) is 0 Å². The molecule has 1 aliphatic heterocycles. The van der Waals surface area contributed by atoms with Crippen molar-refractivity contribution in [1.82, 2.24) is 20.3 Å². The maximum Gasteiger partial charge on any atom is 0.223 e. The Labute approximate surface area is 69.2 Å². The lowest BCUT2D eigenvalue weighted by Gasteiger charge is -2.06. The summed E-state index contributed by atoms with van der Waals surface area (Å²) in [6.07, 6.45) is 1.15. The molecule has 0 amide bonds. The summed E-state index contributed by atoms with van der Waals surface area (Å²) >= 11 is 0. The zero-order valence-electron chi connectivity index (χ0n) is 6.40. The highest BCUT2D eigenvalue weighted by Gasteiger charge is 2.19. The Kier molecular flexibility index (Phi) is 1.84. The third-order valence-corrected chi connectivity index (χ3v) is 1.56. The van der Waals surface area contributed by atoms with E-state index in [1.165, 1.54) is 6.33 Å². The van der Waals surface area contributed by atoms with Crippen LogP contribution in [-0.4, -0.2) is 28.1 Å². The van der Waals surface area contributed by atoms with Crippen molar-refractivity contribution in [3.63, 3.8) is 0 Å². The summed E-state index contributed by atoms with van der Waals surface area (Å²) in [7, 11) is 0. The van der Waals surface area contributed by atoms with Crippen molar-refractivity contribution < 1.29 is 4.74 Å². The van der Waals surface area contributed by atoms with Crippen LogP contribution < -0.4 is 11.1 Å². The highest BCUT2D eigenvalue weighted by atomic mass is 16.5. The van der Waals surface area contributed by atoms with Crippen LogP contribution in [0.25, 0.3) is 0 Å². The van der Waals surface area contributed by atoms with Crippen molar-refractivity contribution >= 4 is 5.95 Å². The molecule has 3 N–H and O–H groups in total. The quantitative estimate of drug-likeness (QED) is 0.562. The van der Waals surface area contributed by atoms with Gasteiger partial charge >= 0.3 is 0 Å². The van der Waals surface area contributed by atoms with E-state index in [1.807, 2.05) is 0 Å². The van der Waals surface area contributed by atoms with Gasteiger partial charge in [0.1, 0.15) is 6.33 Å². The standard InChI is InChI=1S/C6H9N5O/c7-6-10-3-9-4(11-6)5-8-1-2-12-5/h3,5,8H,1-2H2,(H2,7,9,10,11). The lowest BCUT2D eigenvalue weighted by atomic mass is 10.5. The van der Waals surface area contributed by atoms with E-state index in [0.717, 1.165) is 6.54 Å². The Balaban J connectivity index is 2.21. The van der Waals surface area contributed by atoms with E-state index in [9.17, 15) is 0 Å². The van der Waals surface area contributed by atoms with Gasteiger partial charge in [-0.05, 0) is 0 Å². The fourth-order valence-electron chi connectivity index (χ4n) is 1.04. The number of rotatable bonds is 1. The average molecular weight is 167 g/mol. The van der Waals surface area contributed by atoms with E-state index < -0.39 is 0 Å². The number of nitrogen functional groups attached to an aromatic ring is 1. The molecular formula is C6H9N5O. The number of nitrogens with two attached hydrogens (primary N) is 1.